The number of aliphatic carboxylic acids is 1. The first-order chi connectivity index (χ1) is 17.2. The molecular weight excluding hydrogens is 460 g/mol. The molecule has 0 aromatic heterocycles. The van der Waals surface area contributed by atoms with Crippen LogP contribution >= 0.6 is 0 Å². The van der Waals surface area contributed by atoms with Crippen LogP contribution in [0.15, 0.2) is 11.6 Å². The maximum absolute atomic E-state index is 12.9. The molecular formula is C33H52O4. The van der Waals surface area contributed by atoms with Crippen molar-refractivity contribution in [3.05, 3.63) is 11.6 Å². The summed E-state index contributed by atoms with van der Waals surface area (Å²) in [5.41, 5.74) is 1.40. The molecule has 5 rings (SSSR count). The van der Waals surface area contributed by atoms with Crippen molar-refractivity contribution in [1.82, 2.24) is 0 Å². The van der Waals surface area contributed by atoms with Gasteiger partial charge in [0.15, 0.2) is 0 Å². The second kappa shape index (κ2) is 8.59. The van der Waals surface area contributed by atoms with Gasteiger partial charge >= 0.3 is 11.9 Å². The molecule has 208 valence electrons. The van der Waals surface area contributed by atoms with E-state index < -0.39 is 17.5 Å². The van der Waals surface area contributed by atoms with Gasteiger partial charge in [0.25, 0.3) is 0 Å². The molecule has 5 aliphatic carbocycles. The summed E-state index contributed by atoms with van der Waals surface area (Å²) in [6.45, 7) is 18.8. The molecule has 5 aliphatic rings. The molecule has 4 nitrogen and oxygen atoms in total. The Morgan fingerprint density at radius 1 is 0.946 bits per heavy atom. The number of allylic oxidation sites excluding steroid dienone is 2. The van der Waals surface area contributed by atoms with Crippen molar-refractivity contribution in [2.75, 3.05) is 0 Å². The average molecular weight is 513 g/mol. The van der Waals surface area contributed by atoms with Crippen LogP contribution in [-0.2, 0) is 14.3 Å². The standard InChI is InChI=1S/C33H52O4/c1-9-26(34)37-25-14-16-30(5)23-11-10-22-27-21(3)20(2)12-15-29(27,4)18-19-31(22,6)32(23,7)17-13-24(30)33(25,8)28(35)36/h10,20-21,23-25,27H,9,11-19H2,1-8H3,(H,35,36)/t20-,21+,23-,24-,25-,27+,29-,30-,31-,32-,33-/m1/s1. The Morgan fingerprint density at radius 3 is 2.30 bits per heavy atom. The fraction of sp³-hybridized carbons (Fsp3) is 0.879. The zero-order valence-corrected chi connectivity index (χ0v) is 24.8. The van der Waals surface area contributed by atoms with Crippen LogP contribution in [0.2, 0.25) is 0 Å². The highest BCUT2D eigenvalue weighted by Gasteiger charge is 2.70. The SMILES string of the molecule is CCC(=O)O[C@@H]1CC[C@@]2(C)[C@@H](CC[C@]3(C)[C@@H]2CC=C2[C@@H]4[C@@H](C)[C@H](C)CC[C@]4(C)CC[C@]23C)[C@@]1(C)C(=O)O. The number of carboxylic acid groups (broad SMARTS) is 1. The van der Waals surface area contributed by atoms with Gasteiger partial charge < -0.3 is 9.84 Å². The molecule has 0 radical (unpaired) electrons. The monoisotopic (exact) mass is 512 g/mol. The predicted octanol–water partition coefficient (Wildman–Crippen LogP) is 8.05. The normalized spacial score (nSPS) is 53.0. The number of fused-ring (bicyclic) bond motifs is 7. The molecule has 0 unspecified atom stereocenters. The zero-order chi connectivity index (χ0) is 27.2. The number of carbonyl (C=O) groups excluding carboxylic acids is 1. The van der Waals surface area contributed by atoms with Crippen molar-refractivity contribution in [3.8, 4) is 0 Å². The molecule has 4 fully saturated rings. The first-order valence-electron chi connectivity index (χ1n) is 15.3. The van der Waals surface area contributed by atoms with Crippen molar-refractivity contribution in [1.29, 1.82) is 0 Å². The lowest BCUT2D eigenvalue weighted by atomic mass is 9.33. The van der Waals surface area contributed by atoms with Gasteiger partial charge in [-0.3, -0.25) is 9.59 Å². The Kier molecular flexibility index (Phi) is 6.33. The molecule has 0 aromatic rings. The van der Waals surface area contributed by atoms with Gasteiger partial charge in [0.05, 0.1) is 0 Å². The third kappa shape index (κ3) is 3.45. The summed E-state index contributed by atoms with van der Waals surface area (Å²) in [7, 11) is 0. The van der Waals surface area contributed by atoms with E-state index in [0.717, 1.165) is 37.5 Å². The fourth-order valence-electron chi connectivity index (χ4n) is 11.2. The molecule has 0 aromatic carbocycles. The minimum absolute atomic E-state index is 0.0139. The summed E-state index contributed by atoms with van der Waals surface area (Å²) in [6, 6.07) is 0. The van der Waals surface area contributed by atoms with Crippen LogP contribution in [0.4, 0.5) is 0 Å². The Balaban J connectivity index is 1.55. The van der Waals surface area contributed by atoms with Gasteiger partial charge in [0.1, 0.15) is 11.5 Å². The maximum atomic E-state index is 12.9. The molecule has 0 aliphatic heterocycles. The van der Waals surface area contributed by atoms with Crippen molar-refractivity contribution in [3.63, 3.8) is 0 Å². The molecule has 37 heavy (non-hydrogen) atoms. The van der Waals surface area contributed by atoms with E-state index in [1.54, 1.807) is 12.5 Å². The third-order valence-electron chi connectivity index (χ3n) is 14.0. The van der Waals surface area contributed by atoms with E-state index in [2.05, 4.69) is 47.6 Å². The summed E-state index contributed by atoms with van der Waals surface area (Å²) >= 11 is 0. The lowest BCUT2D eigenvalue weighted by molar-refractivity contribution is -0.223. The number of esters is 1. The van der Waals surface area contributed by atoms with Crippen molar-refractivity contribution < 1.29 is 19.4 Å². The molecule has 0 heterocycles. The number of hydrogen-bond acceptors (Lipinski definition) is 3. The number of carboxylic acids is 1. The van der Waals surface area contributed by atoms with E-state index >= 15 is 0 Å². The van der Waals surface area contributed by atoms with E-state index in [0.29, 0.717) is 23.7 Å². The molecule has 4 heteroatoms. The van der Waals surface area contributed by atoms with Gasteiger partial charge in [-0.25, -0.2) is 0 Å². The lowest BCUT2D eigenvalue weighted by Crippen LogP contribution is -2.66. The van der Waals surface area contributed by atoms with Gasteiger partial charge in [0, 0.05) is 6.42 Å². The van der Waals surface area contributed by atoms with Crippen LogP contribution in [0, 0.1) is 56.7 Å². The van der Waals surface area contributed by atoms with Gasteiger partial charge in [-0.2, -0.15) is 0 Å². The average Bonchev–Trinajstić information content (AvgIpc) is 2.84. The smallest absolute Gasteiger partial charge is 0.313 e. The summed E-state index contributed by atoms with van der Waals surface area (Å²) in [4.78, 5) is 25.2. The largest absolute Gasteiger partial charge is 0.481 e. The van der Waals surface area contributed by atoms with Crippen LogP contribution in [0.5, 0.6) is 0 Å². The Bertz CT molecular complexity index is 1000. The number of hydrogen-bond donors (Lipinski definition) is 1. The van der Waals surface area contributed by atoms with Gasteiger partial charge in [-0.1, -0.05) is 60.1 Å². The summed E-state index contributed by atoms with van der Waals surface area (Å²) in [5, 5.41) is 10.6. The number of ether oxygens (including phenoxy) is 1. The van der Waals surface area contributed by atoms with Crippen LogP contribution in [-0.4, -0.2) is 23.1 Å². The van der Waals surface area contributed by atoms with E-state index in [1.165, 1.54) is 25.7 Å². The molecule has 4 saturated carbocycles. The molecule has 11 atom stereocenters. The summed E-state index contributed by atoms with van der Waals surface area (Å²) in [5.74, 6) is 1.56. The van der Waals surface area contributed by atoms with Crippen molar-refractivity contribution in [2.24, 2.45) is 56.7 Å². The zero-order valence-electron chi connectivity index (χ0n) is 24.8. The van der Waals surface area contributed by atoms with Crippen LogP contribution in [0.1, 0.15) is 120 Å². The molecule has 0 bridgehead atoms. The molecule has 0 spiro atoms. The summed E-state index contributed by atoms with van der Waals surface area (Å²) in [6.07, 6.45) is 12.3. The van der Waals surface area contributed by atoms with Crippen LogP contribution < -0.4 is 0 Å². The topological polar surface area (TPSA) is 63.6 Å². The molecule has 0 amide bonds. The lowest BCUT2D eigenvalue weighted by Gasteiger charge is -2.71. The summed E-state index contributed by atoms with van der Waals surface area (Å²) < 4.78 is 5.84. The van der Waals surface area contributed by atoms with E-state index in [1.807, 2.05) is 6.92 Å². The second-order valence-corrected chi connectivity index (χ2v) is 15.3. The quantitative estimate of drug-likeness (QED) is 0.307. The number of carbonyl (C=O) groups is 2. The Hall–Kier alpha value is -1.32. The van der Waals surface area contributed by atoms with Crippen LogP contribution in [0.3, 0.4) is 0 Å². The Labute approximate surface area is 225 Å². The van der Waals surface area contributed by atoms with Crippen molar-refractivity contribution in [2.45, 2.75) is 126 Å². The van der Waals surface area contributed by atoms with Gasteiger partial charge in [0.2, 0.25) is 0 Å². The first-order valence-corrected chi connectivity index (χ1v) is 15.3. The number of rotatable bonds is 3. The van der Waals surface area contributed by atoms with E-state index in [4.69, 9.17) is 4.74 Å². The molecule has 1 N–H and O–H groups in total. The van der Waals surface area contributed by atoms with Gasteiger partial charge in [-0.05, 0) is 116 Å². The maximum Gasteiger partial charge on any atom is 0.313 e. The highest BCUT2D eigenvalue weighted by Crippen LogP contribution is 2.75. The van der Waals surface area contributed by atoms with Crippen molar-refractivity contribution >= 4 is 11.9 Å². The minimum atomic E-state index is -1.04. The first kappa shape index (κ1) is 27.3. The van der Waals surface area contributed by atoms with E-state index in [9.17, 15) is 14.7 Å². The minimum Gasteiger partial charge on any atom is -0.481 e. The van der Waals surface area contributed by atoms with Crippen LogP contribution in [0.25, 0.3) is 0 Å². The van der Waals surface area contributed by atoms with E-state index in [-0.39, 0.29) is 34.6 Å². The highest BCUT2D eigenvalue weighted by atomic mass is 16.5. The highest BCUT2D eigenvalue weighted by molar-refractivity contribution is 5.77. The predicted molar refractivity (Wildman–Crippen MR) is 147 cm³/mol. The second-order valence-electron chi connectivity index (χ2n) is 15.3. The van der Waals surface area contributed by atoms with Gasteiger partial charge in [-0.15, -0.1) is 0 Å². The fourth-order valence-corrected chi connectivity index (χ4v) is 11.2. The third-order valence-corrected chi connectivity index (χ3v) is 14.0. The Morgan fingerprint density at radius 2 is 1.65 bits per heavy atom. The molecule has 0 saturated heterocycles.